The molecular formula is C17H24O4. The second kappa shape index (κ2) is 7.25. The summed E-state index contributed by atoms with van der Waals surface area (Å²) in [7, 11) is 1.55. The third-order valence-corrected chi connectivity index (χ3v) is 3.46. The van der Waals surface area contributed by atoms with Gasteiger partial charge >= 0.3 is 5.97 Å². The zero-order valence-corrected chi connectivity index (χ0v) is 13.4. The van der Waals surface area contributed by atoms with Gasteiger partial charge in [0.15, 0.2) is 0 Å². The fourth-order valence-electron chi connectivity index (χ4n) is 2.14. The number of Topliss-reactive ketones (excluding diaryl/α,β-unsaturated/α-hetero) is 1. The van der Waals surface area contributed by atoms with E-state index in [1.807, 2.05) is 27.7 Å². The minimum Gasteiger partial charge on any atom is -0.497 e. The molecule has 0 heterocycles. The first-order valence-corrected chi connectivity index (χ1v) is 7.13. The number of methoxy groups -OCH3 is 1. The van der Waals surface area contributed by atoms with Crippen LogP contribution in [0.25, 0.3) is 0 Å². The van der Waals surface area contributed by atoms with Crippen LogP contribution in [0.4, 0.5) is 0 Å². The zero-order chi connectivity index (χ0) is 16.0. The molecule has 0 unspecified atom stereocenters. The van der Waals surface area contributed by atoms with Crippen LogP contribution in [-0.4, -0.2) is 25.5 Å². The van der Waals surface area contributed by atoms with Crippen molar-refractivity contribution >= 4 is 11.8 Å². The van der Waals surface area contributed by atoms with Gasteiger partial charge in [-0.3, -0.25) is 4.79 Å². The molecule has 116 valence electrons. The molecule has 0 aliphatic heterocycles. The lowest BCUT2D eigenvalue weighted by Gasteiger charge is -2.24. The van der Waals surface area contributed by atoms with Crippen LogP contribution in [0.2, 0.25) is 0 Å². The first kappa shape index (κ1) is 17.2. The van der Waals surface area contributed by atoms with Gasteiger partial charge in [0.05, 0.1) is 19.3 Å². The summed E-state index contributed by atoms with van der Waals surface area (Å²) in [6.45, 7) is 7.75. The number of hydrogen-bond acceptors (Lipinski definition) is 4. The van der Waals surface area contributed by atoms with Gasteiger partial charge < -0.3 is 9.47 Å². The standard InChI is InChI=1S/C17H24O4/c1-12(2)15(18)17(3,4)9-10-21-16(19)13-7-6-8-14(11-13)20-5/h6-8,11-12H,9-10H2,1-5H3. The maximum Gasteiger partial charge on any atom is 0.338 e. The molecule has 0 radical (unpaired) electrons. The molecule has 1 aromatic carbocycles. The van der Waals surface area contributed by atoms with Gasteiger partial charge in [0.25, 0.3) is 0 Å². The summed E-state index contributed by atoms with van der Waals surface area (Å²) in [5.41, 5.74) is -0.0367. The van der Waals surface area contributed by atoms with E-state index in [-0.39, 0.29) is 18.3 Å². The summed E-state index contributed by atoms with van der Waals surface area (Å²) in [5, 5.41) is 0. The highest BCUT2D eigenvalue weighted by Gasteiger charge is 2.29. The largest absolute Gasteiger partial charge is 0.497 e. The van der Waals surface area contributed by atoms with E-state index in [0.29, 0.717) is 17.7 Å². The molecule has 0 aliphatic carbocycles. The van der Waals surface area contributed by atoms with Crippen LogP contribution in [-0.2, 0) is 9.53 Å². The van der Waals surface area contributed by atoms with Gasteiger partial charge in [-0.05, 0) is 24.6 Å². The van der Waals surface area contributed by atoms with Crippen LogP contribution in [0.3, 0.4) is 0 Å². The quantitative estimate of drug-likeness (QED) is 0.722. The lowest BCUT2D eigenvalue weighted by molar-refractivity contribution is -0.131. The molecule has 0 bridgehead atoms. The van der Waals surface area contributed by atoms with Gasteiger partial charge in [-0.1, -0.05) is 33.8 Å². The average Bonchev–Trinajstić information content (AvgIpc) is 2.46. The van der Waals surface area contributed by atoms with Crippen LogP contribution < -0.4 is 4.74 Å². The number of hydrogen-bond donors (Lipinski definition) is 0. The Hall–Kier alpha value is -1.84. The van der Waals surface area contributed by atoms with E-state index in [1.54, 1.807) is 31.4 Å². The number of ether oxygens (including phenoxy) is 2. The summed E-state index contributed by atoms with van der Waals surface area (Å²) >= 11 is 0. The van der Waals surface area contributed by atoms with Gasteiger partial charge in [-0.25, -0.2) is 4.79 Å². The highest BCUT2D eigenvalue weighted by Crippen LogP contribution is 2.25. The number of esters is 1. The van der Waals surface area contributed by atoms with Crippen molar-refractivity contribution in [3.05, 3.63) is 29.8 Å². The molecule has 21 heavy (non-hydrogen) atoms. The Balaban J connectivity index is 2.55. The fraction of sp³-hybridized carbons (Fsp3) is 0.529. The van der Waals surface area contributed by atoms with Gasteiger partial charge in [0, 0.05) is 11.3 Å². The first-order valence-electron chi connectivity index (χ1n) is 7.13. The summed E-state index contributed by atoms with van der Waals surface area (Å²) < 4.78 is 10.3. The van der Waals surface area contributed by atoms with Crippen molar-refractivity contribution in [3.8, 4) is 5.75 Å². The number of carbonyl (C=O) groups excluding carboxylic acids is 2. The Morgan fingerprint density at radius 2 is 1.90 bits per heavy atom. The summed E-state index contributed by atoms with van der Waals surface area (Å²) in [4.78, 5) is 24.0. The molecule has 0 fully saturated rings. The van der Waals surface area contributed by atoms with Gasteiger partial charge in [-0.2, -0.15) is 0 Å². The van der Waals surface area contributed by atoms with Gasteiger partial charge in [0.2, 0.25) is 0 Å². The molecule has 0 aliphatic rings. The Morgan fingerprint density at radius 3 is 2.48 bits per heavy atom. The van der Waals surface area contributed by atoms with Crippen molar-refractivity contribution in [2.75, 3.05) is 13.7 Å². The van der Waals surface area contributed by atoms with E-state index in [2.05, 4.69) is 0 Å². The molecule has 0 spiro atoms. The molecule has 1 rings (SSSR count). The van der Waals surface area contributed by atoms with Crippen molar-refractivity contribution in [2.45, 2.75) is 34.1 Å². The molecule has 1 aromatic rings. The predicted octanol–water partition coefficient (Wildman–Crippen LogP) is 3.49. The molecule has 0 atom stereocenters. The van der Waals surface area contributed by atoms with Crippen molar-refractivity contribution < 1.29 is 19.1 Å². The number of carbonyl (C=O) groups is 2. The smallest absolute Gasteiger partial charge is 0.338 e. The lowest BCUT2D eigenvalue weighted by Crippen LogP contribution is -2.30. The molecule has 0 saturated heterocycles. The number of benzene rings is 1. The van der Waals surface area contributed by atoms with E-state index in [9.17, 15) is 9.59 Å². The molecule has 0 aromatic heterocycles. The third kappa shape index (κ3) is 4.88. The van der Waals surface area contributed by atoms with Crippen molar-refractivity contribution in [1.82, 2.24) is 0 Å². The Morgan fingerprint density at radius 1 is 1.24 bits per heavy atom. The van der Waals surface area contributed by atoms with E-state index < -0.39 is 11.4 Å². The third-order valence-electron chi connectivity index (χ3n) is 3.46. The predicted molar refractivity (Wildman–Crippen MR) is 81.5 cm³/mol. The van der Waals surface area contributed by atoms with Crippen molar-refractivity contribution in [3.63, 3.8) is 0 Å². The van der Waals surface area contributed by atoms with E-state index >= 15 is 0 Å². The Labute approximate surface area is 126 Å². The maximum atomic E-state index is 12.0. The number of rotatable bonds is 7. The van der Waals surface area contributed by atoms with Crippen molar-refractivity contribution in [2.24, 2.45) is 11.3 Å². The fourth-order valence-corrected chi connectivity index (χ4v) is 2.14. The second-order valence-electron chi connectivity index (χ2n) is 6.02. The Bertz CT molecular complexity index is 503. The zero-order valence-electron chi connectivity index (χ0n) is 13.4. The molecule has 0 saturated carbocycles. The molecular weight excluding hydrogens is 268 g/mol. The van der Waals surface area contributed by atoms with Gasteiger partial charge in [0.1, 0.15) is 11.5 Å². The topological polar surface area (TPSA) is 52.6 Å². The molecule has 4 heteroatoms. The lowest BCUT2D eigenvalue weighted by atomic mass is 9.80. The van der Waals surface area contributed by atoms with E-state index in [0.717, 1.165) is 0 Å². The second-order valence-corrected chi connectivity index (χ2v) is 6.02. The monoisotopic (exact) mass is 292 g/mol. The van der Waals surface area contributed by atoms with Crippen LogP contribution in [0.5, 0.6) is 5.75 Å². The van der Waals surface area contributed by atoms with E-state index in [4.69, 9.17) is 9.47 Å². The van der Waals surface area contributed by atoms with Crippen LogP contribution in [0.1, 0.15) is 44.5 Å². The summed E-state index contributed by atoms with van der Waals surface area (Å²) in [6, 6.07) is 6.81. The maximum absolute atomic E-state index is 12.0. The van der Waals surface area contributed by atoms with Crippen LogP contribution in [0, 0.1) is 11.3 Å². The molecule has 0 amide bonds. The van der Waals surface area contributed by atoms with Crippen molar-refractivity contribution in [1.29, 1.82) is 0 Å². The van der Waals surface area contributed by atoms with Crippen LogP contribution >= 0.6 is 0 Å². The highest BCUT2D eigenvalue weighted by molar-refractivity contribution is 5.90. The highest BCUT2D eigenvalue weighted by atomic mass is 16.5. The van der Waals surface area contributed by atoms with E-state index in [1.165, 1.54) is 0 Å². The average molecular weight is 292 g/mol. The number of ketones is 1. The van der Waals surface area contributed by atoms with Gasteiger partial charge in [-0.15, -0.1) is 0 Å². The Kier molecular flexibility index (Phi) is 5.94. The first-order chi connectivity index (χ1) is 9.77. The summed E-state index contributed by atoms with van der Waals surface area (Å²) in [6.07, 6.45) is 0.514. The SMILES string of the molecule is COc1cccc(C(=O)OCCC(C)(C)C(=O)C(C)C)c1. The molecule has 0 N–H and O–H groups in total. The minimum absolute atomic E-state index is 0.0194. The normalized spacial score (nSPS) is 11.3. The summed E-state index contributed by atoms with van der Waals surface area (Å²) in [5.74, 6) is 0.371. The molecule has 4 nitrogen and oxygen atoms in total. The van der Waals surface area contributed by atoms with Crippen LogP contribution in [0.15, 0.2) is 24.3 Å². The minimum atomic E-state index is -0.483.